The van der Waals surface area contributed by atoms with E-state index in [1.54, 1.807) is 0 Å². The van der Waals surface area contributed by atoms with Gasteiger partial charge in [0, 0.05) is 28.9 Å². The maximum atomic E-state index is 5.42. The van der Waals surface area contributed by atoms with Crippen LogP contribution in [0.25, 0.3) is 6.08 Å². The van der Waals surface area contributed by atoms with E-state index in [2.05, 4.69) is 52.0 Å². The molecule has 2 fully saturated rings. The van der Waals surface area contributed by atoms with Gasteiger partial charge in [0.2, 0.25) is 5.04 Å². The molecular weight excluding hydrogens is 352 g/mol. The van der Waals surface area contributed by atoms with E-state index in [1.165, 1.54) is 19.8 Å². The van der Waals surface area contributed by atoms with Crippen LogP contribution < -0.4 is 4.90 Å². The number of rotatable bonds is 3. The number of allylic oxidation sites excluding steroid dienone is 3. The van der Waals surface area contributed by atoms with Gasteiger partial charge in [-0.1, -0.05) is 6.08 Å². The summed E-state index contributed by atoms with van der Waals surface area (Å²) in [4.78, 5) is 4.99. The minimum absolute atomic E-state index is 0.834. The Kier molecular flexibility index (Phi) is 5.72. The summed E-state index contributed by atoms with van der Waals surface area (Å²) in [7, 11) is 0. The van der Waals surface area contributed by atoms with Crippen LogP contribution in [-0.4, -0.2) is 62.2 Å². The molecule has 4 heterocycles. The third kappa shape index (κ3) is 4.44. The Bertz CT molecular complexity index is 720. The molecule has 0 bridgehead atoms. The highest BCUT2D eigenvalue weighted by Crippen LogP contribution is 2.29. The quantitative estimate of drug-likeness (QED) is 0.758. The van der Waals surface area contributed by atoms with Crippen LogP contribution in [0.4, 0.5) is 5.00 Å². The zero-order valence-electron chi connectivity index (χ0n) is 14.2. The molecule has 0 saturated carbocycles. The molecule has 1 aromatic heterocycles. The van der Waals surface area contributed by atoms with Gasteiger partial charge >= 0.3 is 0 Å². The summed E-state index contributed by atoms with van der Waals surface area (Å²) >= 11 is 3.69. The number of morpholine rings is 2. The van der Waals surface area contributed by atoms with E-state index < -0.39 is 0 Å². The summed E-state index contributed by atoms with van der Waals surface area (Å²) in [5.41, 5.74) is 0. The second-order valence-electron chi connectivity index (χ2n) is 6.08. The van der Waals surface area contributed by atoms with Crippen molar-refractivity contribution in [1.29, 1.82) is 0 Å². The van der Waals surface area contributed by atoms with Gasteiger partial charge in [-0.25, -0.2) is 4.58 Å². The number of thiophene rings is 1. The fourth-order valence-corrected chi connectivity index (χ4v) is 4.95. The van der Waals surface area contributed by atoms with E-state index >= 15 is 0 Å². The van der Waals surface area contributed by atoms with Gasteiger partial charge < -0.3 is 14.4 Å². The van der Waals surface area contributed by atoms with Crippen LogP contribution in [0.15, 0.2) is 41.3 Å². The molecule has 4 rings (SSSR count). The van der Waals surface area contributed by atoms with E-state index in [1.807, 2.05) is 23.1 Å². The van der Waals surface area contributed by atoms with Gasteiger partial charge in [-0.3, -0.25) is 0 Å². The van der Waals surface area contributed by atoms with E-state index in [-0.39, 0.29) is 0 Å². The van der Waals surface area contributed by atoms with Crippen LogP contribution in [0.3, 0.4) is 0 Å². The van der Waals surface area contributed by atoms with E-state index in [0.29, 0.717) is 0 Å². The molecule has 0 aromatic carbocycles. The Hall–Kier alpha value is -1.34. The molecule has 3 aliphatic heterocycles. The van der Waals surface area contributed by atoms with Crippen LogP contribution in [0.2, 0.25) is 0 Å². The standard InChI is InChI=1S/C19H23N2O2S2/c1(2-16-4-6-18(24-16)20-8-12-22-13-9-20)3-17-5-7-19(25-17)21-10-14-23-15-11-21/h1-7H,8-15H2/q+1. The normalized spacial score (nSPS) is 23.4. The highest BCUT2D eigenvalue weighted by atomic mass is 32.2. The molecule has 3 aliphatic rings. The number of ether oxygens (including phenoxy) is 2. The van der Waals surface area contributed by atoms with Crippen molar-refractivity contribution in [2.45, 2.75) is 0 Å². The molecule has 0 unspecified atom stereocenters. The Morgan fingerprint density at radius 1 is 1.00 bits per heavy atom. The molecule has 1 aromatic rings. The average Bonchev–Trinajstić information content (AvgIpc) is 3.33. The van der Waals surface area contributed by atoms with Gasteiger partial charge in [0.25, 0.3) is 0 Å². The highest BCUT2D eigenvalue weighted by molar-refractivity contribution is 8.18. The third-order valence-corrected chi connectivity index (χ3v) is 6.61. The zero-order valence-corrected chi connectivity index (χ0v) is 15.9. The lowest BCUT2D eigenvalue weighted by atomic mass is 10.3. The van der Waals surface area contributed by atoms with Crippen molar-refractivity contribution in [1.82, 2.24) is 0 Å². The molecule has 6 heteroatoms. The lowest BCUT2D eigenvalue weighted by Crippen LogP contribution is -2.35. The Morgan fingerprint density at radius 3 is 2.64 bits per heavy atom. The van der Waals surface area contributed by atoms with Crippen LogP contribution in [0, 0.1) is 0 Å². The van der Waals surface area contributed by atoms with Gasteiger partial charge in [-0.2, -0.15) is 0 Å². The average molecular weight is 376 g/mol. The van der Waals surface area contributed by atoms with E-state index in [9.17, 15) is 0 Å². The van der Waals surface area contributed by atoms with Crippen LogP contribution >= 0.6 is 23.1 Å². The maximum Gasteiger partial charge on any atom is 0.239 e. The minimum atomic E-state index is 0.834. The van der Waals surface area contributed by atoms with Crippen LogP contribution in [-0.2, 0) is 9.47 Å². The SMILES string of the molecule is C1=C/C(=C\C=C\c2ccc(N3CCOCC3)s2)SC1=[N+]1CCOCC1. The largest absolute Gasteiger partial charge is 0.378 e. The number of nitrogens with zero attached hydrogens (tertiary/aromatic N) is 2. The summed E-state index contributed by atoms with van der Waals surface area (Å²) in [5, 5.41) is 2.68. The first-order valence-electron chi connectivity index (χ1n) is 8.75. The van der Waals surface area contributed by atoms with E-state index in [4.69, 9.17) is 9.47 Å². The molecule has 25 heavy (non-hydrogen) atoms. The second-order valence-corrected chi connectivity index (χ2v) is 8.26. The summed E-state index contributed by atoms with van der Waals surface area (Å²) < 4.78 is 13.3. The smallest absolute Gasteiger partial charge is 0.239 e. The Morgan fingerprint density at radius 2 is 1.80 bits per heavy atom. The van der Waals surface area contributed by atoms with Crippen LogP contribution in [0.5, 0.6) is 0 Å². The molecular formula is C19H23N2O2S2+. The zero-order chi connectivity index (χ0) is 16.9. The van der Waals surface area contributed by atoms with Crippen molar-refractivity contribution < 1.29 is 14.0 Å². The molecule has 0 N–H and O–H groups in total. The first-order chi connectivity index (χ1) is 12.4. The van der Waals surface area contributed by atoms with Crippen molar-refractivity contribution in [3.05, 3.63) is 46.2 Å². The topological polar surface area (TPSA) is 24.7 Å². The van der Waals surface area contributed by atoms with Crippen LogP contribution in [0.1, 0.15) is 4.88 Å². The summed E-state index contributed by atoms with van der Waals surface area (Å²) in [6.07, 6.45) is 11.0. The summed E-state index contributed by atoms with van der Waals surface area (Å²) in [6.45, 7) is 7.32. The van der Waals surface area contributed by atoms with Gasteiger partial charge in [0.1, 0.15) is 13.2 Å². The predicted molar refractivity (Wildman–Crippen MR) is 107 cm³/mol. The molecule has 0 spiro atoms. The van der Waals surface area contributed by atoms with Crippen molar-refractivity contribution in [3.8, 4) is 0 Å². The van der Waals surface area contributed by atoms with Crippen molar-refractivity contribution in [3.63, 3.8) is 0 Å². The Balaban J connectivity index is 1.36. The molecule has 0 aliphatic carbocycles. The summed E-state index contributed by atoms with van der Waals surface area (Å²) in [5.74, 6) is 0. The molecule has 0 amide bonds. The predicted octanol–water partition coefficient (Wildman–Crippen LogP) is 3.23. The van der Waals surface area contributed by atoms with Gasteiger partial charge in [-0.15, -0.1) is 11.3 Å². The molecule has 0 atom stereocenters. The highest BCUT2D eigenvalue weighted by Gasteiger charge is 2.21. The molecule has 0 radical (unpaired) electrons. The molecule has 4 nitrogen and oxygen atoms in total. The number of hydrogen-bond donors (Lipinski definition) is 0. The maximum absolute atomic E-state index is 5.42. The second kappa shape index (κ2) is 8.36. The van der Waals surface area contributed by atoms with E-state index in [0.717, 1.165) is 52.6 Å². The molecule has 132 valence electrons. The fraction of sp³-hybridized carbons (Fsp3) is 0.421. The minimum Gasteiger partial charge on any atom is -0.378 e. The number of thioether (sulfide) groups is 1. The first kappa shape index (κ1) is 17.1. The number of hydrogen-bond acceptors (Lipinski definition) is 5. The van der Waals surface area contributed by atoms with Gasteiger partial charge in [-0.05, 0) is 42.1 Å². The Labute approximate surface area is 157 Å². The lowest BCUT2D eigenvalue weighted by molar-refractivity contribution is -0.546. The van der Waals surface area contributed by atoms with Gasteiger partial charge in [0.15, 0.2) is 13.1 Å². The lowest BCUT2D eigenvalue weighted by Gasteiger charge is -2.27. The number of anilines is 1. The van der Waals surface area contributed by atoms with Crippen molar-refractivity contribution >= 4 is 39.2 Å². The van der Waals surface area contributed by atoms with Crippen molar-refractivity contribution in [2.75, 3.05) is 57.5 Å². The first-order valence-corrected chi connectivity index (χ1v) is 10.4. The van der Waals surface area contributed by atoms with Gasteiger partial charge in [0.05, 0.1) is 18.2 Å². The summed E-state index contributed by atoms with van der Waals surface area (Å²) in [6, 6.07) is 4.42. The van der Waals surface area contributed by atoms with Crippen molar-refractivity contribution in [2.24, 2.45) is 0 Å². The monoisotopic (exact) mass is 375 g/mol. The third-order valence-electron chi connectivity index (χ3n) is 4.39. The fourth-order valence-electron chi connectivity index (χ4n) is 3.01. The molecule has 2 saturated heterocycles.